The number of anilines is 3. The van der Waals surface area contributed by atoms with Gasteiger partial charge in [0.1, 0.15) is 0 Å². The summed E-state index contributed by atoms with van der Waals surface area (Å²) in [6.45, 7) is 8.86. The number of ether oxygens (including phenoxy) is 1. The van der Waals surface area contributed by atoms with Crippen molar-refractivity contribution in [3.8, 4) is 11.4 Å². The zero-order valence-corrected chi connectivity index (χ0v) is 20.0. The molecule has 1 aliphatic heterocycles. The third-order valence-electron chi connectivity index (χ3n) is 5.82. The summed E-state index contributed by atoms with van der Waals surface area (Å²) in [5.74, 6) is 1.35. The minimum atomic E-state index is -0.305. The van der Waals surface area contributed by atoms with Crippen molar-refractivity contribution in [3.63, 3.8) is 0 Å². The predicted octanol–water partition coefficient (Wildman–Crippen LogP) is 4.26. The predicted molar refractivity (Wildman–Crippen MR) is 136 cm³/mol. The molecule has 35 heavy (non-hydrogen) atoms. The summed E-state index contributed by atoms with van der Waals surface area (Å²) in [6, 6.07) is 14.9. The van der Waals surface area contributed by atoms with E-state index in [0.29, 0.717) is 35.9 Å². The molecule has 2 aromatic carbocycles. The number of carbonyl (C=O) groups is 1. The first-order chi connectivity index (χ1) is 17.0. The molecule has 3 heterocycles. The smallest absolute Gasteiger partial charge is 0.323 e. The summed E-state index contributed by atoms with van der Waals surface area (Å²) in [5, 5.41) is 14.4. The van der Waals surface area contributed by atoms with Crippen molar-refractivity contribution in [2.24, 2.45) is 0 Å². The van der Waals surface area contributed by atoms with E-state index in [1.54, 1.807) is 0 Å². The number of nitrogens with zero attached hydrogens (tertiary/aromatic N) is 6. The van der Waals surface area contributed by atoms with Gasteiger partial charge in [0.05, 0.1) is 19.3 Å². The Bertz CT molecular complexity index is 1330. The van der Waals surface area contributed by atoms with Crippen LogP contribution in [-0.2, 0) is 4.74 Å². The molecule has 0 radical (unpaired) electrons. The van der Waals surface area contributed by atoms with Crippen LogP contribution in [0.3, 0.4) is 0 Å². The van der Waals surface area contributed by atoms with Crippen LogP contribution in [0.25, 0.3) is 22.6 Å². The zero-order chi connectivity index (χ0) is 24.4. The summed E-state index contributed by atoms with van der Waals surface area (Å²) < 4.78 is 7.33. The molecule has 0 atom stereocenters. The highest BCUT2D eigenvalue weighted by molar-refractivity contribution is 5.99. The van der Waals surface area contributed by atoms with Crippen LogP contribution < -0.4 is 15.5 Å². The van der Waals surface area contributed by atoms with E-state index in [4.69, 9.17) is 14.7 Å². The van der Waals surface area contributed by atoms with Crippen molar-refractivity contribution in [1.29, 1.82) is 0 Å². The Morgan fingerprint density at radius 1 is 0.943 bits per heavy atom. The van der Waals surface area contributed by atoms with E-state index in [1.807, 2.05) is 74.0 Å². The van der Waals surface area contributed by atoms with E-state index in [9.17, 15) is 4.79 Å². The molecule has 1 aliphatic rings. The Morgan fingerprint density at radius 2 is 1.57 bits per heavy atom. The highest BCUT2D eigenvalue weighted by atomic mass is 16.5. The number of aryl methyl sites for hydroxylation is 1. The number of fused-ring (bicyclic) bond motifs is 1. The second-order valence-electron chi connectivity index (χ2n) is 8.79. The maximum Gasteiger partial charge on any atom is 0.323 e. The van der Waals surface area contributed by atoms with Crippen LogP contribution in [0.15, 0.2) is 48.5 Å². The second-order valence-corrected chi connectivity index (χ2v) is 8.79. The molecule has 4 aromatic rings. The highest BCUT2D eigenvalue weighted by Crippen LogP contribution is 2.28. The Kier molecular flexibility index (Phi) is 6.28. The fraction of sp³-hybridized carbons (Fsp3) is 0.320. The summed E-state index contributed by atoms with van der Waals surface area (Å²) >= 11 is 0. The van der Waals surface area contributed by atoms with E-state index in [1.165, 1.54) is 0 Å². The first-order valence-corrected chi connectivity index (χ1v) is 11.7. The number of morpholine rings is 1. The van der Waals surface area contributed by atoms with Gasteiger partial charge >= 0.3 is 6.03 Å². The van der Waals surface area contributed by atoms with Gasteiger partial charge < -0.3 is 20.3 Å². The number of rotatable bonds is 5. The SMILES string of the molecule is Cc1ccc(NC(=O)Nc2ccc(-c3nc(N4CCOCC4)c4nnn(C(C)C)c4n3)cc2)cc1. The Balaban J connectivity index is 1.40. The number of urea groups is 1. The van der Waals surface area contributed by atoms with E-state index < -0.39 is 0 Å². The Labute approximate surface area is 203 Å². The average molecular weight is 473 g/mol. The lowest BCUT2D eigenvalue weighted by Crippen LogP contribution is -2.37. The largest absolute Gasteiger partial charge is 0.378 e. The fourth-order valence-corrected chi connectivity index (χ4v) is 3.92. The molecule has 2 amide bonds. The third kappa shape index (κ3) is 4.92. The van der Waals surface area contributed by atoms with Gasteiger partial charge in [-0.3, -0.25) is 0 Å². The van der Waals surface area contributed by atoms with E-state index in [2.05, 4.69) is 25.8 Å². The van der Waals surface area contributed by atoms with E-state index >= 15 is 0 Å². The molecule has 0 saturated carbocycles. The first-order valence-electron chi connectivity index (χ1n) is 11.7. The van der Waals surface area contributed by atoms with Crippen molar-refractivity contribution in [2.45, 2.75) is 26.8 Å². The second kappa shape index (κ2) is 9.67. The van der Waals surface area contributed by atoms with Crippen molar-refractivity contribution >= 4 is 34.4 Å². The van der Waals surface area contributed by atoms with Gasteiger partial charge in [0.15, 0.2) is 22.8 Å². The van der Waals surface area contributed by atoms with Gasteiger partial charge in [-0.15, -0.1) is 5.10 Å². The molecule has 2 N–H and O–H groups in total. The van der Waals surface area contributed by atoms with Crippen LogP contribution in [0.1, 0.15) is 25.5 Å². The molecule has 1 fully saturated rings. The minimum absolute atomic E-state index is 0.110. The monoisotopic (exact) mass is 472 g/mol. The van der Waals surface area contributed by atoms with Crippen LogP contribution in [0, 0.1) is 6.92 Å². The van der Waals surface area contributed by atoms with Crippen molar-refractivity contribution in [1.82, 2.24) is 25.0 Å². The molecule has 1 saturated heterocycles. The number of aromatic nitrogens is 5. The van der Waals surface area contributed by atoms with E-state index in [-0.39, 0.29) is 12.1 Å². The molecule has 0 bridgehead atoms. The lowest BCUT2D eigenvalue weighted by Gasteiger charge is -2.28. The highest BCUT2D eigenvalue weighted by Gasteiger charge is 2.22. The van der Waals surface area contributed by atoms with Crippen LogP contribution in [0.5, 0.6) is 0 Å². The number of hydrogen-bond donors (Lipinski definition) is 2. The molecular formula is C25H28N8O2. The van der Waals surface area contributed by atoms with Crippen molar-refractivity contribution in [2.75, 3.05) is 41.8 Å². The summed E-state index contributed by atoms with van der Waals surface area (Å²) in [4.78, 5) is 24.2. The molecule has 10 nitrogen and oxygen atoms in total. The maximum atomic E-state index is 12.4. The normalized spacial score (nSPS) is 13.9. The summed E-state index contributed by atoms with van der Waals surface area (Å²) in [5.41, 5.74) is 4.76. The number of nitrogens with one attached hydrogen (secondary N) is 2. The average Bonchev–Trinajstić information content (AvgIpc) is 3.30. The van der Waals surface area contributed by atoms with Crippen LogP contribution in [0.4, 0.5) is 22.0 Å². The van der Waals surface area contributed by atoms with Crippen LogP contribution >= 0.6 is 0 Å². The van der Waals surface area contributed by atoms with Gasteiger partial charge in [-0.25, -0.2) is 19.4 Å². The molecule has 0 unspecified atom stereocenters. The summed E-state index contributed by atoms with van der Waals surface area (Å²) in [6.07, 6.45) is 0. The van der Waals surface area contributed by atoms with Crippen molar-refractivity contribution in [3.05, 3.63) is 54.1 Å². The van der Waals surface area contributed by atoms with Gasteiger partial charge in [0.2, 0.25) is 0 Å². The van der Waals surface area contributed by atoms with Gasteiger partial charge in [0.25, 0.3) is 0 Å². The Morgan fingerprint density at radius 3 is 2.20 bits per heavy atom. The lowest BCUT2D eigenvalue weighted by atomic mass is 10.2. The Hall–Kier alpha value is -4.05. The molecule has 10 heteroatoms. The minimum Gasteiger partial charge on any atom is -0.378 e. The lowest BCUT2D eigenvalue weighted by molar-refractivity contribution is 0.122. The fourth-order valence-electron chi connectivity index (χ4n) is 3.92. The van der Waals surface area contributed by atoms with Gasteiger partial charge in [-0.2, -0.15) is 0 Å². The topological polar surface area (TPSA) is 110 Å². The van der Waals surface area contributed by atoms with Gasteiger partial charge in [0, 0.05) is 30.0 Å². The number of carbonyl (C=O) groups excluding carboxylic acids is 1. The van der Waals surface area contributed by atoms with Crippen LogP contribution in [0.2, 0.25) is 0 Å². The first kappa shape index (κ1) is 22.7. The number of amides is 2. The quantitative estimate of drug-likeness (QED) is 0.447. The number of benzene rings is 2. The third-order valence-corrected chi connectivity index (χ3v) is 5.82. The standard InChI is InChI=1S/C25H28N8O2/c1-16(2)33-24-21(30-31-33)23(32-12-14-35-15-13-32)28-22(29-24)18-6-10-20(11-7-18)27-25(34)26-19-8-4-17(3)5-9-19/h4-11,16H,12-15H2,1-3H3,(H2,26,27,34). The molecule has 0 spiro atoms. The molecule has 2 aromatic heterocycles. The van der Waals surface area contributed by atoms with Crippen LogP contribution in [-0.4, -0.2) is 57.3 Å². The molecule has 180 valence electrons. The molecule has 5 rings (SSSR count). The van der Waals surface area contributed by atoms with Gasteiger partial charge in [-0.05, 0) is 57.2 Å². The maximum absolute atomic E-state index is 12.4. The molecule has 0 aliphatic carbocycles. The molecular weight excluding hydrogens is 444 g/mol. The van der Waals surface area contributed by atoms with Gasteiger partial charge in [-0.1, -0.05) is 22.9 Å². The number of hydrogen-bond acceptors (Lipinski definition) is 7. The summed E-state index contributed by atoms with van der Waals surface area (Å²) in [7, 11) is 0. The zero-order valence-electron chi connectivity index (χ0n) is 20.0. The van der Waals surface area contributed by atoms with Crippen molar-refractivity contribution < 1.29 is 9.53 Å². The van der Waals surface area contributed by atoms with E-state index in [0.717, 1.165) is 35.7 Å².